The van der Waals surface area contributed by atoms with Gasteiger partial charge < -0.3 is 5.32 Å². The summed E-state index contributed by atoms with van der Waals surface area (Å²) in [7, 11) is -3.38. The smallest absolute Gasteiger partial charge is 0.282 e. The molecule has 1 aliphatic heterocycles. The molecule has 1 unspecified atom stereocenters. The van der Waals surface area contributed by atoms with Gasteiger partial charge in [-0.2, -0.15) is 17.0 Å². The molecule has 0 aliphatic carbocycles. The van der Waals surface area contributed by atoms with Crippen molar-refractivity contribution < 1.29 is 8.42 Å². The molecule has 0 aromatic heterocycles. The van der Waals surface area contributed by atoms with Crippen molar-refractivity contribution in [2.24, 2.45) is 0 Å². The first-order chi connectivity index (χ1) is 9.54. The molecule has 0 spiro atoms. The third-order valence-corrected chi connectivity index (χ3v) is 5.56. The molecule has 1 fully saturated rings. The minimum atomic E-state index is -3.38. The Balaban J connectivity index is 2.13. The van der Waals surface area contributed by atoms with E-state index in [2.05, 4.69) is 5.32 Å². The van der Waals surface area contributed by atoms with E-state index in [1.54, 1.807) is 8.61 Å². The Labute approximate surface area is 121 Å². The van der Waals surface area contributed by atoms with Crippen LogP contribution >= 0.6 is 0 Å². The number of benzene rings is 1. The van der Waals surface area contributed by atoms with Crippen LogP contribution in [0.3, 0.4) is 0 Å². The fourth-order valence-electron chi connectivity index (χ4n) is 2.41. The third-order valence-electron chi connectivity index (χ3n) is 3.54. The Morgan fingerprint density at radius 1 is 1.35 bits per heavy atom. The molecule has 1 saturated heterocycles. The number of nitrogens with zero attached hydrogens (tertiary/aromatic N) is 2. The molecular formula is C14H23N3O2S. The zero-order chi connectivity index (χ0) is 14.6. The van der Waals surface area contributed by atoms with Crippen molar-refractivity contribution in [3.8, 4) is 0 Å². The second-order valence-corrected chi connectivity index (χ2v) is 7.06. The predicted octanol–water partition coefficient (Wildman–Crippen LogP) is 1.05. The Hall–Kier alpha value is -0.950. The highest BCUT2D eigenvalue weighted by atomic mass is 32.2. The number of rotatable bonds is 5. The van der Waals surface area contributed by atoms with Crippen LogP contribution in [0.2, 0.25) is 0 Å². The Morgan fingerprint density at radius 3 is 2.65 bits per heavy atom. The van der Waals surface area contributed by atoms with Gasteiger partial charge in [0.1, 0.15) is 0 Å². The van der Waals surface area contributed by atoms with E-state index in [4.69, 9.17) is 0 Å². The molecule has 2 rings (SSSR count). The van der Waals surface area contributed by atoms with Gasteiger partial charge >= 0.3 is 0 Å². The molecule has 1 N–H and O–H groups in total. The molecular weight excluding hydrogens is 274 g/mol. The van der Waals surface area contributed by atoms with Gasteiger partial charge in [0.2, 0.25) is 0 Å². The van der Waals surface area contributed by atoms with Gasteiger partial charge in [-0.05, 0) is 12.5 Å². The second-order valence-electron chi connectivity index (χ2n) is 5.13. The Bertz CT molecular complexity index is 518. The van der Waals surface area contributed by atoms with Crippen molar-refractivity contribution in [1.82, 2.24) is 13.9 Å². The first kappa shape index (κ1) is 15.4. The van der Waals surface area contributed by atoms with Crippen LogP contribution < -0.4 is 5.32 Å². The predicted molar refractivity (Wildman–Crippen MR) is 80.5 cm³/mol. The molecule has 1 atom stereocenters. The van der Waals surface area contributed by atoms with Gasteiger partial charge in [0, 0.05) is 38.8 Å². The van der Waals surface area contributed by atoms with Gasteiger partial charge in [0.25, 0.3) is 10.2 Å². The first-order valence-corrected chi connectivity index (χ1v) is 8.46. The van der Waals surface area contributed by atoms with E-state index in [-0.39, 0.29) is 6.04 Å². The van der Waals surface area contributed by atoms with E-state index in [9.17, 15) is 8.42 Å². The van der Waals surface area contributed by atoms with Crippen molar-refractivity contribution in [2.75, 3.05) is 26.2 Å². The van der Waals surface area contributed by atoms with E-state index in [0.29, 0.717) is 32.7 Å². The largest absolute Gasteiger partial charge is 0.312 e. The molecule has 0 amide bonds. The summed E-state index contributed by atoms with van der Waals surface area (Å²) in [5.74, 6) is 0. The van der Waals surface area contributed by atoms with Crippen molar-refractivity contribution in [1.29, 1.82) is 0 Å². The number of hydrogen-bond donors (Lipinski definition) is 1. The monoisotopic (exact) mass is 297 g/mol. The van der Waals surface area contributed by atoms with Crippen LogP contribution in [-0.4, -0.2) is 49.2 Å². The molecule has 1 aromatic carbocycles. The quantitative estimate of drug-likeness (QED) is 0.884. The van der Waals surface area contributed by atoms with Gasteiger partial charge in [-0.1, -0.05) is 37.3 Å². The van der Waals surface area contributed by atoms with Crippen molar-refractivity contribution in [3.63, 3.8) is 0 Å². The standard InChI is InChI=1S/C14H23N3O2S/c1-3-16(12-14-7-5-4-6-8-14)20(18,19)17-10-9-15-13(2)11-17/h4-8,13,15H,3,9-12H2,1-2H3. The van der Waals surface area contributed by atoms with Crippen LogP contribution in [0.4, 0.5) is 0 Å². The van der Waals surface area contributed by atoms with E-state index >= 15 is 0 Å². The second kappa shape index (κ2) is 6.67. The maximum atomic E-state index is 12.7. The average molecular weight is 297 g/mol. The van der Waals surface area contributed by atoms with Crippen LogP contribution in [0.5, 0.6) is 0 Å². The van der Waals surface area contributed by atoms with Gasteiger partial charge in [0.05, 0.1) is 0 Å². The van der Waals surface area contributed by atoms with Crippen molar-refractivity contribution in [3.05, 3.63) is 35.9 Å². The lowest BCUT2D eigenvalue weighted by atomic mass is 10.2. The SMILES string of the molecule is CCN(Cc1ccccc1)S(=O)(=O)N1CCNC(C)C1. The molecule has 20 heavy (non-hydrogen) atoms. The summed E-state index contributed by atoms with van der Waals surface area (Å²) in [6.07, 6.45) is 0. The van der Waals surface area contributed by atoms with Crippen molar-refractivity contribution >= 4 is 10.2 Å². The van der Waals surface area contributed by atoms with Gasteiger partial charge in [-0.25, -0.2) is 0 Å². The van der Waals surface area contributed by atoms with Crippen LogP contribution in [0.1, 0.15) is 19.4 Å². The lowest BCUT2D eigenvalue weighted by Crippen LogP contribution is -2.54. The van der Waals surface area contributed by atoms with E-state index in [1.807, 2.05) is 44.2 Å². The van der Waals surface area contributed by atoms with Crippen LogP contribution in [0, 0.1) is 0 Å². The van der Waals surface area contributed by atoms with Crippen LogP contribution in [-0.2, 0) is 16.8 Å². The topological polar surface area (TPSA) is 52.7 Å². The Kier molecular flexibility index (Phi) is 5.15. The molecule has 0 radical (unpaired) electrons. The zero-order valence-corrected chi connectivity index (χ0v) is 12.9. The molecule has 1 aliphatic rings. The Morgan fingerprint density at radius 2 is 2.05 bits per heavy atom. The highest BCUT2D eigenvalue weighted by Gasteiger charge is 2.31. The molecule has 112 valence electrons. The van der Waals surface area contributed by atoms with Crippen molar-refractivity contribution in [2.45, 2.75) is 26.4 Å². The van der Waals surface area contributed by atoms with Crippen LogP contribution in [0.25, 0.3) is 0 Å². The highest BCUT2D eigenvalue weighted by molar-refractivity contribution is 7.86. The lowest BCUT2D eigenvalue weighted by Gasteiger charge is -2.34. The van der Waals surface area contributed by atoms with E-state index in [0.717, 1.165) is 5.56 Å². The summed E-state index contributed by atoms with van der Waals surface area (Å²) in [5.41, 5.74) is 1.01. The molecule has 1 aromatic rings. The lowest BCUT2D eigenvalue weighted by molar-refractivity contribution is 0.280. The molecule has 6 heteroatoms. The maximum absolute atomic E-state index is 12.7. The molecule has 0 bridgehead atoms. The maximum Gasteiger partial charge on any atom is 0.282 e. The summed E-state index contributed by atoms with van der Waals surface area (Å²) in [5, 5.41) is 3.27. The van der Waals surface area contributed by atoms with Gasteiger partial charge in [-0.3, -0.25) is 0 Å². The fourth-order valence-corrected chi connectivity index (χ4v) is 4.11. The third kappa shape index (κ3) is 3.58. The molecule has 1 heterocycles. The zero-order valence-electron chi connectivity index (χ0n) is 12.1. The summed E-state index contributed by atoms with van der Waals surface area (Å²) in [6, 6.07) is 9.92. The molecule has 0 saturated carbocycles. The summed E-state index contributed by atoms with van der Waals surface area (Å²) >= 11 is 0. The van der Waals surface area contributed by atoms with Gasteiger partial charge in [-0.15, -0.1) is 0 Å². The fraction of sp³-hybridized carbons (Fsp3) is 0.571. The molecule has 5 nitrogen and oxygen atoms in total. The highest BCUT2D eigenvalue weighted by Crippen LogP contribution is 2.15. The van der Waals surface area contributed by atoms with Crippen LogP contribution in [0.15, 0.2) is 30.3 Å². The number of hydrogen-bond acceptors (Lipinski definition) is 3. The normalized spacial score (nSPS) is 21.2. The average Bonchev–Trinajstić information content (AvgIpc) is 2.45. The summed E-state index contributed by atoms with van der Waals surface area (Å²) < 4.78 is 28.5. The van der Waals surface area contributed by atoms with E-state index in [1.165, 1.54) is 0 Å². The number of nitrogens with one attached hydrogen (secondary N) is 1. The minimum Gasteiger partial charge on any atom is -0.312 e. The summed E-state index contributed by atoms with van der Waals surface area (Å²) in [4.78, 5) is 0. The first-order valence-electron chi connectivity index (χ1n) is 7.06. The summed E-state index contributed by atoms with van der Waals surface area (Å²) in [6.45, 7) is 6.59. The number of piperazine rings is 1. The van der Waals surface area contributed by atoms with Gasteiger partial charge in [0.15, 0.2) is 0 Å². The van der Waals surface area contributed by atoms with E-state index < -0.39 is 10.2 Å². The minimum absolute atomic E-state index is 0.203.